The Balaban J connectivity index is 2.07. The number of nitrogens with two attached hydrogens (primary N) is 1. The van der Waals surface area contributed by atoms with E-state index in [-0.39, 0.29) is 26.1 Å². The summed E-state index contributed by atoms with van der Waals surface area (Å²) in [4.78, 5) is 94.6. The van der Waals surface area contributed by atoms with Crippen molar-refractivity contribution in [3.05, 3.63) is 54.1 Å². The molecule has 0 aliphatic carbocycles. The molecule has 0 spiro atoms. The standard InChI is InChI=1S/C31H44N8O12/c1-18(35-28(45)22(13-26(42)43)36-25(41)16-51-10-9-50-8-7-32)27(44)37-21(12-20-14-33-17-34-20)29(46)39-24(15-40)30(47)38-23(31(48)49)11-19-5-3-2-4-6-19/h2-6,14,17-18,21-24,40H,7-13,15-16,32H2,1H3,(H,33,34)(H,35,45)(H,36,41)(H,37,44)(H,38,47)(H,39,46)(H,42,43)(H,48,49)/t18-,21-,22-,23-,24-/m0/s1. The van der Waals surface area contributed by atoms with Crippen LogP contribution in [0.25, 0.3) is 0 Å². The molecule has 0 aliphatic heterocycles. The molecule has 1 aromatic heterocycles. The van der Waals surface area contributed by atoms with Crippen LogP contribution in [-0.4, -0.2) is 137 Å². The molecule has 280 valence electrons. The van der Waals surface area contributed by atoms with Gasteiger partial charge in [0.15, 0.2) is 0 Å². The minimum Gasteiger partial charge on any atom is -0.481 e. The number of carbonyl (C=O) groups excluding carboxylic acids is 5. The Hall–Kier alpha value is -5.44. The number of benzene rings is 1. The lowest BCUT2D eigenvalue weighted by molar-refractivity contribution is -0.143. The molecule has 2 rings (SSSR count). The molecular formula is C31H44N8O12. The molecule has 0 saturated carbocycles. The van der Waals surface area contributed by atoms with E-state index in [4.69, 9.17) is 15.2 Å². The predicted octanol–water partition coefficient (Wildman–Crippen LogP) is -3.82. The third-order valence-corrected chi connectivity index (χ3v) is 6.96. The third kappa shape index (κ3) is 15.8. The van der Waals surface area contributed by atoms with Crippen LogP contribution >= 0.6 is 0 Å². The zero-order valence-electron chi connectivity index (χ0n) is 27.8. The quantitative estimate of drug-likeness (QED) is 0.0465. The van der Waals surface area contributed by atoms with Gasteiger partial charge in [-0.05, 0) is 12.5 Å². The van der Waals surface area contributed by atoms with Crippen LogP contribution in [0.15, 0.2) is 42.9 Å². The van der Waals surface area contributed by atoms with Crippen molar-refractivity contribution in [2.45, 2.75) is 56.4 Å². The molecule has 0 unspecified atom stereocenters. The van der Waals surface area contributed by atoms with Crippen LogP contribution in [0.4, 0.5) is 0 Å². The minimum absolute atomic E-state index is 0.0360. The maximum Gasteiger partial charge on any atom is 0.326 e. The van der Waals surface area contributed by atoms with Crippen molar-refractivity contribution >= 4 is 41.5 Å². The van der Waals surface area contributed by atoms with Gasteiger partial charge in [0.05, 0.1) is 44.9 Å². The number of aromatic nitrogens is 2. The molecule has 1 heterocycles. The van der Waals surface area contributed by atoms with Gasteiger partial charge < -0.3 is 62.1 Å². The number of aliphatic carboxylic acids is 2. The zero-order chi connectivity index (χ0) is 37.8. The first kappa shape index (κ1) is 41.7. The molecular weight excluding hydrogens is 676 g/mol. The zero-order valence-corrected chi connectivity index (χ0v) is 27.8. The van der Waals surface area contributed by atoms with E-state index in [1.807, 2.05) is 0 Å². The largest absolute Gasteiger partial charge is 0.481 e. The highest BCUT2D eigenvalue weighted by molar-refractivity contribution is 5.96. The van der Waals surface area contributed by atoms with E-state index in [1.54, 1.807) is 30.3 Å². The number of hydrogen-bond acceptors (Lipinski definition) is 12. The molecule has 2 aromatic rings. The van der Waals surface area contributed by atoms with Crippen molar-refractivity contribution in [3.8, 4) is 0 Å². The molecule has 5 atom stereocenters. The fourth-order valence-electron chi connectivity index (χ4n) is 4.37. The highest BCUT2D eigenvalue weighted by Gasteiger charge is 2.32. The number of imidazole rings is 1. The van der Waals surface area contributed by atoms with E-state index < -0.39 is 91.3 Å². The number of nitrogens with zero attached hydrogens (tertiary/aromatic N) is 1. The van der Waals surface area contributed by atoms with Crippen LogP contribution in [-0.2, 0) is 55.9 Å². The molecule has 0 radical (unpaired) electrons. The van der Waals surface area contributed by atoms with Crippen LogP contribution in [0.1, 0.15) is 24.6 Å². The van der Waals surface area contributed by atoms with Gasteiger partial charge in [-0.3, -0.25) is 28.8 Å². The van der Waals surface area contributed by atoms with Gasteiger partial charge in [-0.25, -0.2) is 9.78 Å². The molecule has 0 fully saturated rings. The summed E-state index contributed by atoms with van der Waals surface area (Å²) in [5.74, 6) is -7.48. The summed E-state index contributed by atoms with van der Waals surface area (Å²) in [6.45, 7) is 0.597. The van der Waals surface area contributed by atoms with Gasteiger partial charge in [0.25, 0.3) is 0 Å². The van der Waals surface area contributed by atoms with E-state index in [0.29, 0.717) is 24.4 Å². The number of amides is 5. The molecule has 51 heavy (non-hydrogen) atoms. The highest BCUT2D eigenvalue weighted by atomic mass is 16.5. The Bertz CT molecular complexity index is 1440. The van der Waals surface area contributed by atoms with Gasteiger partial charge >= 0.3 is 11.9 Å². The third-order valence-electron chi connectivity index (χ3n) is 6.96. The second kappa shape index (κ2) is 22.3. The average Bonchev–Trinajstić information content (AvgIpc) is 3.61. The molecule has 0 aliphatic rings. The lowest BCUT2D eigenvalue weighted by atomic mass is 10.1. The number of rotatable bonds is 24. The topological polar surface area (TPSA) is 313 Å². The number of aromatic amines is 1. The summed E-state index contributed by atoms with van der Waals surface area (Å²) in [7, 11) is 0. The molecule has 0 saturated heterocycles. The highest BCUT2D eigenvalue weighted by Crippen LogP contribution is 2.05. The summed E-state index contributed by atoms with van der Waals surface area (Å²) in [5, 5.41) is 40.3. The van der Waals surface area contributed by atoms with Crippen molar-refractivity contribution in [2.24, 2.45) is 5.73 Å². The van der Waals surface area contributed by atoms with Crippen LogP contribution < -0.4 is 32.3 Å². The van der Waals surface area contributed by atoms with Crippen molar-refractivity contribution in [1.82, 2.24) is 36.6 Å². The Morgan fingerprint density at radius 2 is 1.41 bits per heavy atom. The van der Waals surface area contributed by atoms with Crippen molar-refractivity contribution in [3.63, 3.8) is 0 Å². The number of H-pyrrole nitrogens is 1. The lowest BCUT2D eigenvalue weighted by Gasteiger charge is -2.25. The lowest BCUT2D eigenvalue weighted by Crippen LogP contribution is -2.59. The van der Waals surface area contributed by atoms with E-state index in [9.17, 15) is 48.9 Å². The second-order valence-corrected chi connectivity index (χ2v) is 11.1. The van der Waals surface area contributed by atoms with E-state index >= 15 is 0 Å². The van der Waals surface area contributed by atoms with Gasteiger partial charge in [-0.2, -0.15) is 0 Å². The Labute approximate surface area is 292 Å². The number of carboxylic acids is 2. The smallest absolute Gasteiger partial charge is 0.326 e. The number of ether oxygens (including phenoxy) is 2. The predicted molar refractivity (Wildman–Crippen MR) is 175 cm³/mol. The first-order valence-electron chi connectivity index (χ1n) is 15.8. The first-order valence-corrected chi connectivity index (χ1v) is 15.8. The summed E-state index contributed by atoms with van der Waals surface area (Å²) in [5.41, 5.74) is 6.23. The van der Waals surface area contributed by atoms with Crippen LogP contribution in [0.3, 0.4) is 0 Å². The Morgan fingerprint density at radius 3 is 2.02 bits per heavy atom. The molecule has 20 nitrogen and oxygen atoms in total. The van der Waals surface area contributed by atoms with Crippen molar-refractivity contribution < 1.29 is 58.4 Å². The minimum atomic E-state index is -1.62. The number of hydrogen-bond donors (Lipinski definition) is 10. The number of aliphatic hydroxyl groups excluding tert-OH is 1. The number of carbonyl (C=O) groups is 7. The van der Waals surface area contributed by atoms with Crippen LogP contribution in [0, 0.1) is 0 Å². The van der Waals surface area contributed by atoms with Gasteiger partial charge in [-0.15, -0.1) is 0 Å². The van der Waals surface area contributed by atoms with Gasteiger partial charge in [-0.1, -0.05) is 30.3 Å². The summed E-state index contributed by atoms with van der Waals surface area (Å²) >= 11 is 0. The Morgan fingerprint density at radius 1 is 0.784 bits per heavy atom. The van der Waals surface area contributed by atoms with E-state index in [1.165, 1.54) is 19.4 Å². The van der Waals surface area contributed by atoms with Crippen molar-refractivity contribution in [1.29, 1.82) is 0 Å². The fourth-order valence-corrected chi connectivity index (χ4v) is 4.37. The first-order chi connectivity index (χ1) is 24.3. The SMILES string of the molecule is C[C@H](NC(=O)[C@H](CC(=O)O)NC(=O)COCCOCCN)C(=O)N[C@@H](Cc1c[nH]cn1)C(=O)N[C@@H](CO)C(=O)N[C@@H](Cc1ccccc1)C(=O)O. The second-order valence-electron chi connectivity index (χ2n) is 11.1. The van der Waals surface area contributed by atoms with Crippen LogP contribution in [0.2, 0.25) is 0 Å². The fraction of sp³-hybridized carbons (Fsp3) is 0.484. The monoisotopic (exact) mass is 720 g/mol. The van der Waals surface area contributed by atoms with Gasteiger partial charge in [0, 0.05) is 25.6 Å². The summed E-state index contributed by atoms with van der Waals surface area (Å²) < 4.78 is 10.2. The molecule has 20 heteroatoms. The average molecular weight is 721 g/mol. The molecule has 1 aromatic carbocycles. The summed E-state index contributed by atoms with van der Waals surface area (Å²) in [6.07, 6.45) is 1.63. The normalized spacial score (nSPS) is 13.8. The van der Waals surface area contributed by atoms with E-state index in [2.05, 4.69) is 36.6 Å². The Kier molecular flexibility index (Phi) is 18.3. The molecule has 5 amide bonds. The number of aliphatic hydroxyl groups is 1. The molecule has 0 bridgehead atoms. The summed E-state index contributed by atoms with van der Waals surface area (Å²) in [6, 6.07) is 1.06. The van der Waals surface area contributed by atoms with Crippen molar-refractivity contribution in [2.75, 3.05) is 39.6 Å². The van der Waals surface area contributed by atoms with Crippen LogP contribution in [0.5, 0.6) is 0 Å². The molecule has 11 N–H and O–H groups in total. The number of nitrogens with one attached hydrogen (secondary N) is 6. The maximum atomic E-state index is 13.3. The maximum absolute atomic E-state index is 13.3. The van der Waals surface area contributed by atoms with Gasteiger partial charge in [0.1, 0.15) is 36.8 Å². The van der Waals surface area contributed by atoms with Gasteiger partial charge in [0.2, 0.25) is 29.5 Å². The number of carboxylic acid groups (broad SMARTS) is 2. The van der Waals surface area contributed by atoms with E-state index in [0.717, 1.165) is 0 Å².